The van der Waals surface area contributed by atoms with Gasteiger partial charge in [0.25, 0.3) is 0 Å². The molecule has 6 heteroatoms. The van der Waals surface area contributed by atoms with E-state index in [0.29, 0.717) is 17.7 Å². The SMILES string of the molecule is CO/C=C(\C(=O)OC)c1ccccc1COc1ccc(/C=N/OCc2ccccc2)cc1C. The third-order valence-electron chi connectivity index (χ3n) is 4.88. The second-order valence-corrected chi connectivity index (χ2v) is 7.22. The number of esters is 1. The maximum atomic E-state index is 12.2. The lowest BCUT2D eigenvalue weighted by atomic mass is 10.0. The highest BCUT2D eigenvalue weighted by atomic mass is 16.6. The van der Waals surface area contributed by atoms with Crippen LogP contribution in [0.5, 0.6) is 5.75 Å². The van der Waals surface area contributed by atoms with Crippen molar-refractivity contribution in [1.29, 1.82) is 0 Å². The number of oxime groups is 1. The summed E-state index contributed by atoms with van der Waals surface area (Å²) in [5.41, 5.74) is 4.79. The Kier molecular flexibility index (Phi) is 8.65. The predicted molar refractivity (Wildman–Crippen MR) is 128 cm³/mol. The number of rotatable bonds is 10. The van der Waals surface area contributed by atoms with Crippen LogP contribution < -0.4 is 4.74 Å². The average molecular weight is 446 g/mol. The van der Waals surface area contributed by atoms with Crippen molar-refractivity contribution in [3.63, 3.8) is 0 Å². The van der Waals surface area contributed by atoms with E-state index >= 15 is 0 Å². The number of carbonyl (C=O) groups is 1. The van der Waals surface area contributed by atoms with Crippen molar-refractivity contribution in [2.75, 3.05) is 14.2 Å². The topological polar surface area (TPSA) is 66.4 Å². The van der Waals surface area contributed by atoms with Crippen LogP contribution in [-0.2, 0) is 32.3 Å². The molecule has 0 bridgehead atoms. The Morgan fingerprint density at radius 3 is 2.42 bits per heavy atom. The van der Waals surface area contributed by atoms with Gasteiger partial charge >= 0.3 is 5.97 Å². The Bertz CT molecular complexity index is 1120. The molecule has 0 amide bonds. The van der Waals surface area contributed by atoms with Gasteiger partial charge in [-0.1, -0.05) is 59.8 Å². The molecule has 6 nitrogen and oxygen atoms in total. The van der Waals surface area contributed by atoms with E-state index in [1.165, 1.54) is 20.5 Å². The minimum absolute atomic E-state index is 0.280. The standard InChI is InChI=1S/C27H27NO5/c1-20-15-22(16-28-33-17-21-9-5-4-6-10-21)13-14-26(20)32-18-23-11-7-8-12-24(23)25(19-30-2)27(29)31-3/h4-16,19H,17-18H2,1-3H3/b25-19-,28-16+. The Morgan fingerprint density at radius 2 is 1.70 bits per heavy atom. The van der Waals surface area contributed by atoms with Crippen LogP contribution in [0.15, 0.2) is 84.2 Å². The fraction of sp³-hybridized carbons (Fsp3) is 0.185. The van der Waals surface area contributed by atoms with Gasteiger partial charge in [-0.05, 0) is 52.9 Å². The monoisotopic (exact) mass is 445 g/mol. The molecule has 0 fully saturated rings. The lowest BCUT2D eigenvalue weighted by Gasteiger charge is -2.14. The van der Waals surface area contributed by atoms with E-state index < -0.39 is 5.97 Å². The first-order valence-electron chi connectivity index (χ1n) is 10.4. The van der Waals surface area contributed by atoms with Gasteiger partial charge in [-0.15, -0.1) is 0 Å². The Hall–Kier alpha value is -4.06. The number of carbonyl (C=O) groups excluding carboxylic acids is 1. The molecule has 0 heterocycles. The quantitative estimate of drug-likeness (QED) is 0.140. The van der Waals surface area contributed by atoms with Crippen molar-refractivity contribution in [3.8, 4) is 5.75 Å². The highest BCUT2D eigenvalue weighted by molar-refractivity contribution is 6.16. The molecule has 0 radical (unpaired) electrons. The van der Waals surface area contributed by atoms with Gasteiger partial charge in [0, 0.05) is 0 Å². The highest BCUT2D eigenvalue weighted by Gasteiger charge is 2.17. The zero-order valence-electron chi connectivity index (χ0n) is 19.0. The van der Waals surface area contributed by atoms with Crippen molar-refractivity contribution < 1.29 is 23.8 Å². The summed E-state index contributed by atoms with van der Waals surface area (Å²) in [6, 6.07) is 23.1. The molecule has 0 aliphatic heterocycles. The fourth-order valence-electron chi connectivity index (χ4n) is 3.21. The maximum absolute atomic E-state index is 12.2. The van der Waals surface area contributed by atoms with Gasteiger partial charge < -0.3 is 19.0 Å². The molecule has 3 rings (SSSR count). The van der Waals surface area contributed by atoms with E-state index in [2.05, 4.69) is 5.16 Å². The first-order chi connectivity index (χ1) is 16.1. The van der Waals surface area contributed by atoms with E-state index in [9.17, 15) is 4.79 Å². The fourth-order valence-corrected chi connectivity index (χ4v) is 3.21. The number of hydrogen-bond donors (Lipinski definition) is 0. The molecule has 0 saturated carbocycles. The van der Waals surface area contributed by atoms with Crippen molar-refractivity contribution in [1.82, 2.24) is 0 Å². The Balaban J connectivity index is 1.65. The lowest BCUT2D eigenvalue weighted by molar-refractivity contribution is -0.133. The summed E-state index contributed by atoms with van der Waals surface area (Å²) < 4.78 is 16.0. The van der Waals surface area contributed by atoms with Gasteiger partial charge in [0.15, 0.2) is 0 Å². The van der Waals surface area contributed by atoms with Gasteiger partial charge in [0.1, 0.15) is 24.5 Å². The molecule has 33 heavy (non-hydrogen) atoms. The van der Waals surface area contributed by atoms with Crippen LogP contribution in [0.25, 0.3) is 5.57 Å². The van der Waals surface area contributed by atoms with E-state index in [1.54, 1.807) is 6.21 Å². The van der Waals surface area contributed by atoms with Crippen molar-refractivity contribution in [2.45, 2.75) is 20.1 Å². The number of nitrogens with zero attached hydrogens (tertiary/aromatic N) is 1. The zero-order chi connectivity index (χ0) is 23.5. The molecule has 3 aromatic rings. The molecule has 0 aliphatic rings. The summed E-state index contributed by atoms with van der Waals surface area (Å²) in [7, 11) is 2.83. The predicted octanol–water partition coefficient (Wildman–Crippen LogP) is 5.29. The second kappa shape index (κ2) is 12.1. The molecule has 0 spiro atoms. The van der Waals surface area contributed by atoms with Gasteiger partial charge in [-0.2, -0.15) is 0 Å². The Morgan fingerprint density at radius 1 is 0.939 bits per heavy atom. The van der Waals surface area contributed by atoms with Crippen LogP contribution in [0, 0.1) is 6.92 Å². The van der Waals surface area contributed by atoms with Crippen LogP contribution >= 0.6 is 0 Å². The third-order valence-corrected chi connectivity index (χ3v) is 4.88. The molecule has 0 aromatic heterocycles. The first-order valence-corrected chi connectivity index (χ1v) is 10.4. The minimum Gasteiger partial charge on any atom is -0.503 e. The average Bonchev–Trinajstić information content (AvgIpc) is 2.85. The van der Waals surface area contributed by atoms with Crippen LogP contribution in [0.2, 0.25) is 0 Å². The zero-order valence-corrected chi connectivity index (χ0v) is 19.0. The van der Waals surface area contributed by atoms with E-state index in [1.807, 2.05) is 79.7 Å². The van der Waals surface area contributed by atoms with Crippen LogP contribution in [0.3, 0.4) is 0 Å². The van der Waals surface area contributed by atoms with Crippen molar-refractivity contribution in [2.24, 2.45) is 5.16 Å². The smallest absolute Gasteiger partial charge is 0.341 e. The van der Waals surface area contributed by atoms with Gasteiger partial charge in [0.2, 0.25) is 0 Å². The summed E-state index contributed by atoms with van der Waals surface area (Å²) in [5.74, 6) is 0.265. The van der Waals surface area contributed by atoms with Crippen LogP contribution in [0.4, 0.5) is 0 Å². The molecule has 0 atom stereocenters. The molecular formula is C27H27NO5. The number of benzene rings is 3. The lowest BCUT2D eigenvalue weighted by Crippen LogP contribution is -2.08. The summed E-state index contributed by atoms with van der Waals surface area (Å²) in [4.78, 5) is 17.5. The first kappa shape index (κ1) is 23.6. The molecular weight excluding hydrogens is 418 g/mol. The van der Waals surface area contributed by atoms with Gasteiger partial charge in [-0.25, -0.2) is 4.79 Å². The second-order valence-electron chi connectivity index (χ2n) is 7.22. The summed E-state index contributed by atoms with van der Waals surface area (Å²) >= 11 is 0. The molecule has 0 saturated heterocycles. The molecule has 0 unspecified atom stereocenters. The number of methoxy groups -OCH3 is 2. The number of aryl methyl sites for hydroxylation is 1. The van der Waals surface area contributed by atoms with E-state index in [0.717, 1.165) is 28.0 Å². The maximum Gasteiger partial charge on any atom is 0.341 e. The number of ether oxygens (including phenoxy) is 3. The van der Waals surface area contributed by atoms with Crippen molar-refractivity contribution in [3.05, 3.63) is 107 Å². The van der Waals surface area contributed by atoms with E-state index in [-0.39, 0.29) is 6.61 Å². The molecule has 0 N–H and O–H groups in total. The van der Waals surface area contributed by atoms with Crippen molar-refractivity contribution >= 4 is 17.8 Å². The third kappa shape index (κ3) is 6.71. The molecule has 170 valence electrons. The molecule has 3 aromatic carbocycles. The minimum atomic E-state index is -0.474. The van der Waals surface area contributed by atoms with E-state index in [4.69, 9.17) is 19.0 Å². The summed E-state index contributed by atoms with van der Waals surface area (Å²) in [6.45, 7) is 2.67. The van der Waals surface area contributed by atoms with Crippen LogP contribution in [-0.4, -0.2) is 26.4 Å². The van der Waals surface area contributed by atoms with Gasteiger partial charge in [0.05, 0.1) is 26.7 Å². The summed E-state index contributed by atoms with van der Waals surface area (Å²) in [6.07, 6.45) is 3.05. The van der Waals surface area contributed by atoms with Crippen LogP contribution in [0.1, 0.15) is 27.8 Å². The summed E-state index contributed by atoms with van der Waals surface area (Å²) in [5, 5.41) is 4.05. The normalized spacial score (nSPS) is 11.3. The highest BCUT2D eigenvalue weighted by Crippen LogP contribution is 2.24. The number of hydrogen-bond acceptors (Lipinski definition) is 6. The largest absolute Gasteiger partial charge is 0.503 e. The molecule has 0 aliphatic carbocycles. The Labute approximate surface area is 194 Å². The van der Waals surface area contributed by atoms with Gasteiger partial charge in [-0.3, -0.25) is 0 Å².